The number of hydrogen-bond acceptors (Lipinski definition) is 3. The Labute approximate surface area is 167 Å². The van der Waals surface area contributed by atoms with Crippen LogP contribution in [0.1, 0.15) is 18.1 Å². The summed E-state index contributed by atoms with van der Waals surface area (Å²) >= 11 is 0. The number of hydrogen-bond donors (Lipinski definition) is 4. The number of nitrogens with one attached hydrogen (secondary N) is 3. The molecule has 29 heavy (non-hydrogen) atoms. The molecular formula is C22H21N3O4. The zero-order chi connectivity index (χ0) is 20.8. The molecule has 0 spiro atoms. The molecule has 0 saturated heterocycles. The van der Waals surface area contributed by atoms with E-state index in [1.165, 1.54) is 13.0 Å². The van der Waals surface area contributed by atoms with Gasteiger partial charge >= 0.3 is 5.97 Å². The predicted molar refractivity (Wildman–Crippen MR) is 110 cm³/mol. The SMILES string of the molecule is CC(=O)N/C(=C/c1ccccc1)C(=O)N[C@@H](Cc1c[nH]c2ccccc12)C(=O)O. The maximum Gasteiger partial charge on any atom is 0.326 e. The van der Waals surface area contributed by atoms with Crippen LogP contribution in [-0.4, -0.2) is 33.9 Å². The van der Waals surface area contributed by atoms with E-state index in [-0.39, 0.29) is 12.1 Å². The van der Waals surface area contributed by atoms with E-state index < -0.39 is 23.8 Å². The maximum atomic E-state index is 12.7. The molecule has 0 aliphatic heterocycles. The number of carboxylic acids is 1. The number of aliphatic carboxylic acids is 1. The zero-order valence-electron chi connectivity index (χ0n) is 15.8. The molecule has 3 aromatic rings. The first-order valence-electron chi connectivity index (χ1n) is 9.07. The minimum atomic E-state index is -1.16. The number of rotatable bonds is 7. The van der Waals surface area contributed by atoms with Crippen molar-refractivity contribution in [3.63, 3.8) is 0 Å². The van der Waals surface area contributed by atoms with Crippen molar-refractivity contribution in [2.45, 2.75) is 19.4 Å². The Balaban J connectivity index is 1.82. The number of para-hydroxylation sites is 1. The van der Waals surface area contributed by atoms with E-state index in [0.717, 1.165) is 16.5 Å². The summed E-state index contributed by atoms with van der Waals surface area (Å²) in [5.74, 6) is -2.26. The van der Waals surface area contributed by atoms with Gasteiger partial charge in [-0.3, -0.25) is 9.59 Å². The normalized spacial score (nSPS) is 12.4. The van der Waals surface area contributed by atoms with Gasteiger partial charge in [0.25, 0.3) is 5.91 Å². The van der Waals surface area contributed by atoms with Gasteiger partial charge < -0.3 is 20.7 Å². The van der Waals surface area contributed by atoms with Crippen LogP contribution in [-0.2, 0) is 20.8 Å². The van der Waals surface area contributed by atoms with Crippen LogP contribution in [0.3, 0.4) is 0 Å². The number of amides is 2. The lowest BCUT2D eigenvalue weighted by molar-refractivity contribution is -0.141. The standard InChI is InChI=1S/C22H21N3O4/c1-14(26)24-19(11-15-7-3-2-4-8-15)21(27)25-20(22(28)29)12-16-13-23-18-10-6-5-9-17(16)18/h2-11,13,20,23H,12H2,1H3,(H,24,26)(H,25,27)(H,28,29)/b19-11+/t20-/m0/s1. The number of aromatic amines is 1. The predicted octanol–water partition coefficient (Wildman–Crippen LogP) is 2.46. The first-order valence-corrected chi connectivity index (χ1v) is 9.07. The van der Waals surface area contributed by atoms with Gasteiger partial charge in [0, 0.05) is 30.4 Å². The molecule has 1 heterocycles. The van der Waals surface area contributed by atoms with Crippen LogP contribution < -0.4 is 10.6 Å². The van der Waals surface area contributed by atoms with Crippen LogP contribution in [0.15, 0.2) is 66.5 Å². The van der Waals surface area contributed by atoms with Gasteiger partial charge in [0.2, 0.25) is 5.91 Å². The van der Waals surface area contributed by atoms with Crippen LogP contribution in [0.25, 0.3) is 17.0 Å². The maximum absolute atomic E-state index is 12.7. The first kappa shape index (κ1) is 19.9. The van der Waals surface area contributed by atoms with E-state index >= 15 is 0 Å². The van der Waals surface area contributed by atoms with Crippen molar-refractivity contribution in [3.05, 3.63) is 77.6 Å². The molecule has 148 valence electrons. The van der Waals surface area contributed by atoms with Crippen molar-refractivity contribution in [2.24, 2.45) is 0 Å². The number of H-pyrrole nitrogens is 1. The fourth-order valence-electron chi connectivity index (χ4n) is 3.02. The van der Waals surface area contributed by atoms with Gasteiger partial charge in [0.1, 0.15) is 11.7 Å². The smallest absolute Gasteiger partial charge is 0.326 e. The Kier molecular flexibility index (Phi) is 6.09. The van der Waals surface area contributed by atoms with E-state index in [9.17, 15) is 19.5 Å². The quantitative estimate of drug-likeness (QED) is 0.464. The Morgan fingerprint density at radius 1 is 1.07 bits per heavy atom. The first-order chi connectivity index (χ1) is 13.9. The van der Waals surface area contributed by atoms with Crippen molar-refractivity contribution < 1.29 is 19.5 Å². The van der Waals surface area contributed by atoms with E-state index in [0.29, 0.717) is 5.56 Å². The zero-order valence-corrected chi connectivity index (χ0v) is 15.8. The van der Waals surface area contributed by atoms with Crippen molar-refractivity contribution in [1.82, 2.24) is 15.6 Å². The van der Waals surface area contributed by atoms with Gasteiger partial charge in [-0.1, -0.05) is 48.5 Å². The molecule has 0 radical (unpaired) electrons. The Hall–Kier alpha value is -3.87. The van der Waals surface area contributed by atoms with Gasteiger partial charge in [-0.2, -0.15) is 0 Å². The average molecular weight is 391 g/mol. The molecule has 7 nitrogen and oxygen atoms in total. The highest BCUT2D eigenvalue weighted by Crippen LogP contribution is 2.19. The molecule has 2 aromatic carbocycles. The molecule has 0 bridgehead atoms. The van der Waals surface area contributed by atoms with Gasteiger partial charge in [0.15, 0.2) is 0 Å². The Morgan fingerprint density at radius 3 is 2.45 bits per heavy atom. The van der Waals surface area contributed by atoms with Gasteiger partial charge in [-0.25, -0.2) is 4.79 Å². The number of carbonyl (C=O) groups excluding carboxylic acids is 2. The summed E-state index contributed by atoms with van der Waals surface area (Å²) in [6.45, 7) is 1.28. The highest BCUT2D eigenvalue weighted by molar-refractivity contribution is 6.02. The number of carboxylic acid groups (broad SMARTS) is 1. The van der Waals surface area contributed by atoms with Crippen LogP contribution in [0, 0.1) is 0 Å². The van der Waals surface area contributed by atoms with Crippen molar-refractivity contribution >= 4 is 34.8 Å². The minimum Gasteiger partial charge on any atom is -0.480 e. The van der Waals surface area contributed by atoms with Crippen LogP contribution in [0.2, 0.25) is 0 Å². The second kappa shape index (κ2) is 8.88. The topological polar surface area (TPSA) is 111 Å². The fraction of sp³-hybridized carbons (Fsp3) is 0.136. The van der Waals surface area contributed by atoms with E-state index in [1.807, 2.05) is 30.3 Å². The lowest BCUT2D eigenvalue weighted by Gasteiger charge is -2.16. The number of benzene rings is 2. The number of aromatic nitrogens is 1. The molecular weight excluding hydrogens is 370 g/mol. The molecule has 7 heteroatoms. The van der Waals surface area contributed by atoms with E-state index in [2.05, 4.69) is 15.6 Å². The largest absolute Gasteiger partial charge is 0.480 e. The highest BCUT2D eigenvalue weighted by atomic mass is 16.4. The summed E-state index contributed by atoms with van der Waals surface area (Å²) in [5.41, 5.74) is 2.35. The summed E-state index contributed by atoms with van der Waals surface area (Å²) in [4.78, 5) is 39.1. The molecule has 0 aliphatic rings. The lowest BCUT2D eigenvalue weighted by atomic mass is 10.0. The third-order valence-electron chi connectivity index (χ3n) is 4.37. The van der Waals surface area contributed by atoms with E-state index in [1.54, 1.807) is 30.5 Å². The molecule has 1 atom stereocenters. The summed E-state index contributed by atoms with van der Waals surface area (Å²) in [6, 6.07) is 15.3. The molecule has 3 rings (SSSR count). The van der Waals surface area contributed by atoms with Gasteiger partial charge in [-0.05, 0) is 23.3 Å². The molecule has 0 fully saturated rings. The molecule has 0 unspecified atom stereocenters. The third-order valence-corrected chi connectivity index (χ3v) is 4.37. The summed E-state index contributed by atoms with van der Waals surface area (Å²) in [7, 11) is 0. The van der Waals surface area contributed by atoms with Crippen molar-refractivity contribution in [1.29, 1.82) is 0 Å². The third kappa shape index (κ3) is 5.10. The van der Waals surface area contributed by atoms with Crippen LogP contribution in [0.5, 0.6) is 0 Å². The number of carbonyl (C=O) groups is 3. The monoisotopic (exact) mass is 391 g/mol. The molecule has 0 aliphatic carbocycles. The summed E-state index contributed by atoms with van der Waals surface area (Å²) < 4.78 is 0. The second-order valence-corrected chi connectivity index (χ2v) is 6.58. The molecule has 4 N–H and O–H groups in total. The second-order valence-electron chi connectivity index (χ2n) is 6.58. The van der Waals surface area contributed by atoms with Gasteiger partial charge in [-0.15, -0.1) is 0 Å². The van der Waals surface area contributed by atoms with Crippen LogP contribution >= 0.6 is 0 Å². The molecule has 2 amide bonds. The van der Waals surface area contributed by atoms with Gasteiger partial charge in [0.05, 0.1) is 0 Å². The summed E-state index contributed by atoms with van der Waals surface area (Å²) in [5, 5.41) is 15.5. The Morgan fingerprint density at radius 2 is 1.76 bits per heavy atom. The molecule has 1 aromatic heterocycles. The minimum absolute atomic E-state index is 0.0196. The van der Waals surface area contributed by atoms with Crippen molar-refractivity contribution in [2.75, 3.05) is 0 Å². The fourth-order valence-corrected chi connectivity index (χ4v) is 3.02. The average Bonchev–Trinajstić information content (AvgIpc) is 3.10. The van der Waals surface area contributed by atoms with Crippen molar-refractivity contribution in [3.8, 4) is 0 Å². The highest BCUT2D eigenvalue weighted by Gasteiger charge is 2.24. The number of fused-ring (bicyclic) bond motifs is 1. The molecule has 0 saturated carbocycles. The lowest BCUT2D eigenvalue weighted by Crippen LogP contribution is -2.45. The Bertz CT molecular complexity index is 1070. The van der Waals surface area contributed by atoms with E-state index in [4.69, 9.17) is 0 Å². The van der Waals surface area contributed by atoms with Crippen LogP contribution in [0.4, 0.5) is 0 Å². The summed E-state index contributed by atoms with van der Waals surface area (Å²) in [6.07, 6.45) is 3.34.